The number of carbonyl (C=O) groups is 1. The van der Waals surface area contributed by atoms with Gasteiger partial charge in [0, 0.05) is 12.0 Å². The van der Waals surface area contributed by atoms with Crippen LogP contribution in [0.3, 0.4) is 0 Å². The average Bonchev–Trinajstić information content (AvgIpc) is 2.54. The number of ether oxygens (including phenoxy) is 2. The topological polar surface area (TPSA) is 35.5 Å². The second-order valence-corrected chi connectivity index (χ2v) is 5.08. The van der Waals surface area contributed by atoms with Crippen LogP contribution in [0.25, 0.3) is 11.1 Å². The predicted octanol–water partition coefficient (Wildman–Crippen LogP) is 4.11. The number of ketones is 1. The first kappa shape index (κ1) is 13.7. The van der Waals surface area contributed by atoms with Crippen molar-refractivity contribution in [2.75, 3.05) is 13.2 Å². The first-order valence-electron chi connectivity index (χ1n) is 7.32. The van der Waals surface area contributed by atoms with Gasteiger partial charge in [0.2, 0.25) is 0 Å². The van der Waals surface area contributed by atoms with Crippen LogP contribution in [0.2, 0.25) is 0 Å². The fourth-order valence-corrected chi connectivity index (χ4v) is 2.55. The lowest BCUT2D eigenvalue weighted by atomic mass is 9.95. The van der Waals surface area contributed by atoms with E-state index >= 15 is 0 Å². The molecular formula is C18H18O3. The van der Waals surface area contributed by atoms with Crippen molar-refractivity contribution in [1.82, 2.24) is 0 Å². The fraction of sp³-hybridized carbons (Fsp3) is 0.278. The van der Waals surface area contributed by atoms with Gasteiger partial charge < -0.3 is 9.47 Å². The maximum atomic E-state index is 12.3. The zero-order valence-electron chi connectivity index (χ0n) is 12.1. The Labute approximate surface area is 124 Å². The monoisotopic (exact) mass is 282 g/mol. The molecule has 0 unspecified atom stereocenters. The van der Waals surface area contributed by atoms with E-state index in [9.17, 15) is 4.79 Å². The summed E-state index contributed by atoms with van der Waals surface area (Å²) in [5.74, 6) is 1.70. The molecule has 0 radical (unpaired) electrons. The van der Waals surface area contributed by atoms with E-state index in [1.807, 2.05) is 49.4 Å². The molecule has 0 aliphatic carbocycles. The molecule has 0 spiro atoms. The molecule has 0 fully saturated rings. The van der Waals surface area contributed by atoms with Crippen molar-refractivity contribution in [2.24, 2.45) is 0 Å². The first-order valence-corrected chi connectivity index (χ1v) is 7.32. The molecule has 0 aromatic heterocycles. The second kappa shape index (κ2) is 6.00. The van der Waals surface area contributed by atoms with Crippen molar-refractivity contribution in [2.45, 2.75) is 19.8 Å². The predicted molar refractivity (Wildman–Crippen MR) is 82.1 cm³/mol. The van der Waals surface area contributed by atoms with E-state index in [2.05, 4.69) is 0 Å². The zero-order valence-corrected chi connectivity index (χ0v) is 12.1. The highest BCUT2D eigenvalue weighted by atomic mass is 16.6. The quantitative estimate of drug-likeness (QED) is 0.792. The average molecular weight is 282 g/mol. The van der Waals surface area contributed by atoms with E-state index in [4.69, 9.17) is 9.47 Å². The van der Waals surface area contributed by atoms with Gasteiger partial charge in [0.1, 0.15) is 13.2 Å². The molecule has 3 heteroatoms. The molecule has 2 aromatic carbocycles. The molecule has 0 saturated heterocycles. The molecule has 1 heterocycles. The third-order valence-electron chi connectivity index (χ3n) is 3.56. The SMILES string of the molecule is CCCC(=O)c1ccccc1-c1ccc2c(c1)OCCO2. The second-order valence-electron chi connectivity index (χ2n) is 5.08. The van der Waals surface area contributed by atoms with Gasteiger partial charge in [-0.1, -0.05) is 37.3 Å². The van der Waals surface area contributed by atoms with Crippen molar-refractivity contribution in [1.29, 1.82) is 0 Å². The third kappa shape index (κ3) is 2.77. The summed E-state index contributed by atoms with van der Waals surface area (Å²) in [5.41, 5.74) is 2.71. The standard InChI is InChI=1S/C18H18O3/c1-2-5-16(19)15-7-4-3-6-14(15)13-8-9-17-18(12-13)21-11-10-20-17/h3-4,6-9,12H,2,5,10-11H2,1H3. The summed E-state index contributed by atoms with van der Waals surface area (Å²) in [5, 5.41) is 0. The van der Waals surface area contributed by atoms with Crippen molar-refractivity contribution >= 4 is 5.78 Å². The normalized spacial score (nSPS) is 13.0. The summed E-state index contributed by atoms with van der Waals surface area (Å²) in [6, 6.07) is 13.6. The van der Waals surface area contributed by atoms with Crippen molar-refractivity contribution in [3.63, 3.8) is 0 Å². The minimum atomic E-state index is 0.183. The van der Waals surface area contributed by atoms with E-state index in [0.29, 0.717) is 19.6 Å². The third-order valence-corrected chi connectivity index (χ3v) is 3.56. The molecule has 0 bridgehead atoms. The van der Waals surface area contributed by atoms with Gasteiger partial charge in [-0.3, -0.25) is 4.79 Å². The van der Waals surface area contributed by atoms with Crippen LogP contribution in [0.4, 0.5) is 0 Å². The van der Waals surface area contributed by atoms with E-state index in [-0.39, 0.29) is 5.78 Å². The Bertz CT molecular complexity index is 661. The lowest BCUT2D eigenvalue weighted by Gasteiger charge is -2.19. The molecule has 0 saturated carbocycles. The Balaban J connectivity index is 2.02. The Hall–Kier alpha value is -2.29. The van der Waals surface area contributed by atoms with Crippen molar-refractivity contribution < 1.29 is 14.3 Å². The van der Waals surface area contributed by atoms with Crippen LogP contribution in [0.5, 0.6) is 11.5 Å². The largest absolute Gasteiger partial charge is 0.486 e. The number of rotatable bonds is 4. The van der Waals surface area contributed by atoms with Crippen LogP contribution in [-0.2, 0) is 0 Å². The van der Waals surface area contributed by atoms with Gasteiger partial charge in [0.05, 0.1) is 0 Å². The summed E-state index contributed by atoms with van der Waals surface area (Å²) >= 11 is 0. The summed E-state index contributed by atoms with van der Waals surface area (Å²) in [7, 11) is 0. The fourth-order valence-electron chi connectivity index (χ4n) is 2.55. The Morgan fingerprint density at radius 1 is 1.05 bits per heavy atom. The van der Waals surface area contributed by atoms with Crippen LogP contribution in [-0.4, -0.2) is 19.0 Å². The highest BCUT2D eigenvalue weighted by Gasteiger charge is 2.15. The maximum Gasteiger partial charge on any atom is 0.163 e. The highest BCUT2D eigenvalue weighted by Crippen LogP contribution is 2.35. The number of hydrogen-bond acceptors (Lipinski definition) is 3. The van der Waals surface area contributed by atoms with Gasteiger partial charge in [-0.05, 0) is 29.7 Å². The van der Waals surface area contributed by atoms with Crippen molar-refractivity contribution in [3.8, 4) is 22.6 Å². The van der Waals surface area contributed by atoms with E-state index in [1.165, 1.54) is 0 Å². The molecule has 0 atom stereocenters. The molecule has 3 nitrogen and oxygen atoms in total. The van der Waals surface area contributed by atoms with Crippen LogP contribution >= 0.6 is 0 Å². The van der Waals surface area contributed by atoms with Gasteiger partial charge in [-0.2, -0.15) is 0 Å². The van der Waals surface area contributed by atoms with E-state index < -0.39 is 0 Å². The first-order chi connectivity index (χ1) is 10.3. The van der Waals surface area contributed by atoms with Gasteiger partial charge in [-0.15, -0.1) is 0 Å². The zero-order chi connectivity index (χ0) is 14.7. The molecule has 2 aromatic rings. The summed E-state index contributed by atoms with van der Waals surface area (Å²) in [4.78, 5) is 12.3. The number of Topliss-reactive ketones (excluding diaryl/α,β-unsaturated/α-hetero) is 1. The molecule has 3 rings (SSSR count). The lowest BCUT2D eigenvalue weighted by Crippen LogP contribution is -2.15. The number of carbonyl (C=O) groups excluding carboxylic acids is 1. The van der Waals surface area contributed by atoms with Crippen molar-refractivity contribution in [3.05, 3.63) is 48.0 Å². The van der Waals surface area contributed by atoms with Crippen LogP contribution < -0.4 is 9.47 Å². The van der Waals surface area contributed by atoms with Gasteiger partial charge in [0.15, 0.2) is 17.3 Å². The van der Waals surface area contributed by atoms with Crippen LogP contribution in [0.15, 0.2) is 42.5 Å². The maximum absolute atomic E-state index is 12.3. The smallest absolute Gasteiger partial charge is 0.163 e. The molecular weight excluding hydrogens is 264 g/mol. The Morgan fingerprint density at radius 2 is 1.81 bits per heavy atom. The Morgan fingerprint density at radius 3 is 2.62 bits per heavy atom. The lowest BCUT2D eigenvalue weighted by molar-refractivity contribution is 0.0982. The molecule has 1 aliphatic rings. The van der Waals surface area contributed by atoms with Crippen LogP contribution in [0, 0.1) is 0 Å². The van der Waals surface area contributed by atoms with Gasteiger partial charge >= 0.3 is 0 Å². The molecule has 0 N–H and O–H groups in total. The minimum Gasteiger partial charge on any atom is -0.486 e. The number of hydrogen-bond donors (Lipinski definition) is 0. The molecule has 0 amide bonds. The highest BCUT2D eigenvalue weighted by molar-refractivity contribution is 6.02. The summed E-state index contributed by atoms with van der Waals surface area (Å²) in [6.07, 6.45) is 1.43. The van der Waals surface area contributed by atoms with E-state index in [0.717, 1.165) is 34.6 Å². The number of fused-ring (bicyclic) bond motifs is 1. The molecule has 21 heavy (non-hydrogen) atoms. The summed E-state index contributed by atoms with van der Waals surface area (Å²) in [6.45, 7) is 3.16. The van der Waals surface area contributed by atoms with Gasteiger partial charge in [0.25, 0.3) is 0 Å². The summed E-state index contributed by atoms with van der Waals surface area (Å²) < 4.78 is 11.2. The number of benzene rings is 2. The molecule has 1 aliphatic heterocycles. The molecule has 108 valence electrons. The van der Waals surface area contributed by atoms with Gasteiger partial charge in [-0.25, -0.2) is 0 Å². The minimum absolute atomic E-state index is 0.183. The Kier molecular flexibility index (Phi) is 3.91. The van der Waals surface area contributed by atoms with E-state index in [1.54, 1.807) is 0 Å². The van der Waals surface area contributed by atoms with Crippen LogP contribution in [0.1, 0.15) is 30.1 Å².